The highest BCUT2D eigenvalue weighted by Crippen LogP contribution is 2.33. The molecule has 4 rings (SSSR count). The van der Waals surface area contributed by atoms with E-state index in [1.807, 2.05) is 36.9 Å². The molecule has 1 aliphatic rings. The van der Waals surface area contributed by atoms with E-state index in [4.69, 9.17) is 4.74 Å². The van der Waals surface area contributed by atoms with E-state index in [9.17, 15) is 18.0 Å². The highest BCUT2D eigenvalue weighted by molar-refractivity contribution is 5.77. The number of halogens is 3. The number of ether oxygens (including phenoxy) is 1. The Bertz CT molecular complexity index is 1090. The first-order valence-corrected chi connectivity index (χ1v) is 9.86. The van der Waals surface area contributed by atoms with Crippen LogP contribution in [0, 0.1) is 5.41 Å². The summed E-state index contributed by atoms with van der Waals surface area (Å²) in [6, 6.07) is 8.44. The second-order valence-electron chi connectivity index (χ2n) is 8.32. The number of benzene rings is 1. The number of fused-ring (bicyclic) bond motifs is 1. The predicted octanol–water partition coefficient (Wildman–Crippen LogP) is 4.20. The smallest absolute Gasteiger partial charge is 0.416 e. The highest BCUT2D eigenvalue weighted by Gasteiger charge is 2.42. The fraction of sp³-hybridized carbons (Fsp3) is 0.364. The third-order valence-electron chi connectivity index (χ3n) is 5.41. The molecule has 2 amide bonds. The zero-order valence-electron chi connectivity index (χ0n) is 17.2. The van der Waals surface area contributed by atoms with Crippen LogP contribution < -0.4 is 10.1 Å². The molecule has 0 saturated carbocycles. The van der Waals surface area contributed by atoms with Gasteiger partial charge >= 0.3 is 12.2 Å². The van der Waals surface area contributed by atoms with Crippen LogP contribution in [0.4, 0.5) is 18.0 Å². The van der Waals surface area contributed by atoms with Gasteiger partial charge in [-0.1, -0.05) is 6.92 Å². The Morgan fingerprint density at radius 3 is 2.61 bits per heavy atom. The third kappa shape index (κ3) is 4.60. The number of hydrogen-bond donors (Lipinski definition) is 1. The molecular weight excluding hydrogens is 409 g/mol. The largest absolute Gasteiger partial charge is 0.493 e. The summed E-state index contributed by atoms with van der Waals surface area (Å²) < 4.78 is 45.5. The van der Waals surface area contributed by atoms with E-state index in [1.165, 1.54) is 12.1 Å². The van der Waals surface area contributed by atoms with Crippen LogP contribution in [0.2, 0.25) is 0 Å². The Hall–Kier alpha value is -3.23. The number of alkyl halides is 3. The van der Waals surface area contributed by atoms with Crippen molar-refractivity contribution in [2.24, 2.45) is 12.5 Å². The Morgan fingerprint density at radius 1 is 1.23 bits per heavy atom. The zero-order chi connectivity index (χ0) is 22.2. The van der Waals surface area contributed by atoms with Crippen LogP contribution in [0.1, 0.15) is 18.1 Å². The maximum atomic E-state index is 12.6. The van der Waals surface area contributed by atoms with Gasteiger partial charge in [-0.05, 0) is 42.0 Å². The predicted molar refractivity (Wildman–Crippen MR) is 110 cm³/mol. The topological polar surface area (TPSA) is 59.4 Å². The molecule has 0 radical (unpaired) electrons. The van der Waals surface area contributed by atoms with Gasteiger partial charge < -0.3 is 19.5 Å². The summed E-state index contributed by atoms with van der Waals surface area (Å²) >= 11 is 0. The SMILES string of the molecule is Cn1ccc2cc(CNC(=O)N3CC(C)(COc4ccc(C(F)(F)F)cc4)C3)cnc21. The Kier molecular flexibility index (Phi) is 5.28. The number of carbonyl (C=O) groups excluding carboxylic acids is 1. The quantitative estimate of drug-likeness (QED) is 0.657. The molecular formula is C22H23F3N4O2. The monoisotopic (exact) mass is 432 g/mol. The van der Waals surface area contributed by atoms with Crippen molar-refractivity contribution in [1.82, 2.24) is 19.8 Å². The lowest BCUT2D eigenvalue weighted by Crippen LogP contribution is -2.61. The van der Waals surface area contributed by atoms with Crippen molar-refractivity contribution in [2.75, 3.05) is 19.7 Å². The number of hydrogen-bond acceptors (Lipinski definition) is 3. The number of amides is 2. The normalized spacial score (nSPS) is 15.6. The van der Waals surface area contributed by atoms with Gasteiger partial charge in [0.2, 0.25) is 0 Å². The molecule has 1 aliphatic heterocycles. The summed E-state index contributed by atoms with van der Waals surface area (Å²) in [6.07, 6.45) is -0.677. The molecule has 0 unspecified atom stereocenters. The second-order valence-corrected chi connectivity index (χ2v) is 8.32. The van der Waals surface area contributed by atoms with Gasteiger partial charge in [-0.3, -0.25) is 0 Å². The lowest BCUT2D eigenvalue weighted by molar-refractivity contribution is -0.137. The second kappa shape index (κ2) is 7.79. The molecule has 0 aliphatic carbocycles. The average Bonchev–Trinajstić information content (AvgIpc) is 3.08. The number of pyridine rings is 1. The van der Waals surface area contributed by atoms with Gasteiger partial charge in [-0.2, -0.15) is 13.2 Å². The molecule has 0 atom stereocenters. The molecule has 6 nitrogen and oxygen atoms in total. The lowest BCUT2D eigenvalue weighted by Gasteiger charge is -2.47. The maximum Gasteiger partial charge on any atom is 0.416 e. The fourth-order valence-corrected chi connectivity index (χ4v) is 3.69. The number of urea groups is 1. The van der Waals surface area contributed by atoms with Crippen LogP contribution in [0.3, 0.4) is 0 Å². The molecule has 0 spiro atoms. The van der Waals surface area contributed by atoms with E-state index in [0.29, 0.717) is 32.0 Å². The van der Waals surface area contributed by atoms with E-state index in [2.05, 4.69) is 10.3 Å². The summed E-state index contributed by atoms with van der Waals surface area (Å²) in [4.78, 5) is 18.5. The van der Waals surface area contributed by atoms with Crippen LogP contribution in [0.5, 0.6) is 5.75 Å². The summed E-state index contributed by atoms with van der Waals surface area (Å²) in [7, 11) is 1.93. The summed E-state index contributed by atoms with van der Waals surface area (Å²) in [5, 5.41) is 3.92. The van der Waals surface area contributed by atoms with E-state index < -0.39 is 11.7 Å². The molecule has 2 aromatic heterocycles. The first kappa shape index (κ1) is 21.0. The number of nitrogens with zero attached hydrogens (tertiary/aromatic N) is 3. The molecule has 3 heterocycles. The standard InChI is InChI=1S/C22H23F3N4O2/c1-21(14-31-18-5-3-17(4-6-18)22(23,24)25)12-29(13-21)20(30)27-11-15-9-16-7-8-28(2)19(16)26-10-15/h3-10H,11-14H2,1-2H3,(H,27,30). The molecule has 1 saturated heterocycles. The first-order valence-electron chi connectivity index (χ1n) is 9.86. The van der Waals surface area contributed by atoms with Gasteiger partial charge in [0.25, 0.3) is 0 Å². The molecule has 31 heavy (non-hydrogen) atoms. The zero-order valence-corrected chi connectivity index (χ0v) is 17.2. The number of likely N-dealkylation sites (tertiary alicyclic amines) is 1. The average molecular weight is 432 g/mol. The molecule has 1 N–H and O–H groups in total. The van der Waals surface area contributed by atoms with Crippen molar-refractivity contribution in [3.8, 4) is 5.75 Å². The molecule has 1 fully saturated rings. The molecule has 3 aromatic rings. The van der Waals surface area contributed by atoms with Crippen molar-refractivity contribution in [2.45, 2.75) is 19.6 Å². The number of aromatic nitrogens is 2. The Labute approximate surface area is 177 Å². The number of aryl methyl sites for hydroxylation is 1. The van der Waals surface area contributed by atoms with E-state index >= 15 is 0 Å². The third-order valence-corrected chi connectivity index (χ3v) is 5.41. The van der Waals surface area contributed by atoms with Crippen LogP contribution in [-0.2, 0) is 19.8 Å². The minimum Gasteiger partial charge on any atom is -0.493 e. The van der Waals surface area contributed by atoms with Crippen molar-refractivity contribution in [3.63, 3.8) is 0 Å². The van der Waals surface area contributed by atoms with Crippen LogP contribution in [-0.4, -0.2) is 40.2 Å². The van der Waals surface area contributed by atoms with Gasteiger partial charge in [0, 0.05) is 49.9 Å². The molecule has 1 aromatic carbocycles. The number of carbonyl (C=O) groups is 1. The summed E-state index contributed by atoms with van der Waals surface area (Å²) in [5.41, 5.74) is 0.853. The highest BCUT2D eigenvalue weighted by atomic mass is 19.4. The molecule has 164 valence electrons. The number of nitrogens with one attached hydrogen (secondary N) is 1. The van der Waals surface area contributed by atoms with Gasteiger partial charge in [0.05, 0.1) is 12.2 Å². The molecule has 0 bridgehead atoms. The van der Waals surface area contributed by atoms with Crippen LogP contribution in [0.25, 0.3) is 11.0 Å². The van der Waals surface area contributed by atoms with Gasteiger partial charge in [0.1, 0.15) is 11.4 Å². The van der Waals surface area contributed by atoms with Gasteiger partial charge in [-0.15, -0.1) is 0 Å². The van der Waals surface area contributed by atoms with Crippen molar-refractivity contribution in [3.05, 3.63) is 59.9 Å². The van der Waals surface area contributed by atoms with E-state index in [0.717, 1.165) is 28.7 Å². The summed E-state index contributed by atoms with van der Waals surface area (Å²) in [6.45, 7) is 3.70. The van der Waals surface area contributed by atoms with E-state index in [-0.39, 0.29) is 11.4 Å². The van der Waals surface area contributed by atoms with Gasteiger partial charge in [-0.25, -0.2) is 9.78 Å². The van der Waals surface area contributed by atoms with Crippen molar-refractivity contribution in [1.29, 1.82) is 0 Å². The Morgan fingerprint density at radius 2 is 1.94 bits per heavy atom. The van der Waals surface area contributed by atoms with E-state index in [1.54, 1.807) is 11.1 Å². The minimum atomic E-state index is -4.37. The van der Waals surface area contributed by atoms with Crippen LogP contribution in [0.15, 0.2) is 48.8 Å². The van der Waals surface area contributed by atoms with Crippen molar-refractivity contribution >= 4 is 17.1 Å². The van der Waals surface area contributed by atoms with Crippen molar-refractivity contribution < 1.29 is 22.7 Å². The maximum absolute atomic E-state index is 12.6. The first-order chi connectivity index (χ1) is 14.6. The Balaban J connectivity index is 1.24. The number of rotatable bonds is 5. The minimum absolute atomic E-state index is 0.167. The summed E-state index contributed by atoms with van der Waals surface area (Å²) in [5.74, 6) is 0.376. The lowest BCUT2D eigenvalue weighted by atomic mass is 9.83. The molecule has 9 heteroatoms. The van der Waals surface area contributed by atoms with Gasteiger partial charge in [0.15, 0.2) is 0 Å². The van der Waals surface area contributed by atoms with Crippen LogP contribution >= 0.6 is 0 Å². The fourth-order valence-electron chi connectivity index (χ4n) is 3.69.